The minimum atomic E-state index is -0.175. The van der Waals surface area contributed by atoms with E-state index in [1.165, 1.54) is 9.44 Å². The highest BCUT2D eigenvalue weighted by Crippen LogP contribution is 2.29. The molecule has 0 fully saturated rings. The highest BCUT2D eigenvalue weighted by Gasteiger charge is 2.09. The number of aromatic nitrogens is 3. The number of benzene rings is 1. The number of nitrogens with zero attached hydrogens (tertiary/aromatic N) is 2. The fraction of sp³-hybridized carbons (Fsp3) is 0.238. The van der Waals surface area contributed by atoms with Crippen LogP contribution < -0.4 is 10.9 Å². The molecule has 0 aliphatic rings. The van der Waals surface area contributed by atoms with Crippen LogP contribution >= 0.6 is 34.9 Å². The molecule has 0 atom stereocenters. The van der Waals surface area contributed by atoms with Crippen LogP contribution in [-0.2, 0) is 17.8 Å². The van der Waals surface area contributed by atoms with Crippen molar-refractivity contribution in [3.05, 3.63) is 66.8 Å². The van der Waals surface area contributed by atoms with E-state index in [1.54, 1.807) is 28.7 Å². The minimum absolute atomic E-state index is 0.101. The number of aryl methyl sites for hydroxylation is 1. The van der Waals surface area contributed by atoms with Gasteiger partial charge in [0.2, 0.25) is 5.91 Å². The van der Waals surface area contributed by atoms with Crippen LogP contribution in [0.2, 0.25) is 0 Å². The summed E-state index contributed by atoms with van der Waals surface area (Å²) in [6.07, 6.45) is 0.957. The number of H-pyrrole nitrogens is 1. The fourth-order valence-corrected chi connectivity index (χ4v) is 5.09. The van der Waals surface area contributed by atoms with Gasteiger partial charge in [-0.15, -0.1) is 22.7 Å². The molecule has 0 aliphatic heterocycles. The van der Waals surface area contributed by atoms with Gasteiger partial charge in [0.25, 0.3) is 5.56 Å². The quantitative estimate of drug-likeness (QED) is 0.406. The molecule has 1 aromatic carbocycles. The first-order chi connectivity index (χ1) is 14.5. The summed E-state index contributed by atoms with van der Waals surface area (Å²) in [4.78, 5) is 34.8. The fourth-order valence-electron chi connectivity index (χ4n) is 3.16. The molecule has 3 aromatic heterocycles. The Balaban J connectivity index is 1.31. The Morgan fingerprint density at radius 2 is 2.10 bits per heavy atom. The SMILES string of the molecule is Cc1nc(-c2ccc(CCNC(=O)CCn3c(=S)[nH]c4ccccc4c3=O)s2)cs1. The van der Waals surface area contributed by atoms with E-state index in [2.05, 4.69) is 32.8 Å². The number of thiazole rings is 1. The van der Waals surface area contributed by atoms with Crippen LogP contribution in [0.3, 0.4) is 0 Å². The molecule has 0 saturated heterocycles. The zero-order valence-electron chi connectivity index (χ0n) is 16.3. The largest absolute Gasteiger partial charge is 0.356 e. The summed E-state index contributed by atoms with van der Waals surface area (Å²) in [6.45, 7) is 2.79. The molecule has 9 heteroatoms. The van der Waals surface area contributed by atoms with Crippen LogP contribution in [0.25, 0.3) is 21.5 Å². The van der Waals surface area contributed by atoms with E-state index in [9.17, 15) is 9.59 Å². The van der Waals surface area contributed by atoms with Gasteiger partial charge in [-0.3, -0.25) is 14.2 Å². The van der Waals surface area contributed by atoms with Crippen molar-refractivity contribution in [3.8, 4) is 10.6 Å². The van der Waals surface area contributed by atoms with Crippen molar-refractivity contribution >= 4 is 51.7 Å². The highest BCUT2D eigenvalue weighted by molar-refractivity contribution is 7.71. The molecule has 0 radical (unpaired) electrons. The molecule has 30 heavy (non-hydrogen) atoms. The molecule has 0 aliphatic carbocycles. The van der Waals surface area contributed by atoms with Crippen LogP contribution in [0.1, 0.15) is 16.3 Å². The van der Waals surface area contributed by atoms with Crippen molar-refractivity contribution in [2.24, 2.45) is 0 Å². The van der Waals surface area contributed by atoms with Crippen LogP contribution in [0.5, 0.6) is 0 Å². The number of hydrogen-bond acceptors (Lipinski definition) is 6. The lowest BCUT2D eigenvalue weighted by molar-refractivity contribution is -0.121. The number of thiophene rings is 1. The first-order valence-electron chi connectivity index (χ1n) is 9.51. The van der Waals surface area contributed by atoms with E-state index in [4.69, 9.17) is 12.2 Å². The topological polar surface area (TPSA) is 79.8 Å². The van der Waals surface area contributed by atoms with Crippen LogP contribution in [0.4, 0.5) is 0 Å². The van der Waals surface area contributed by atoms with Crippen molar-refractivity contribution in [2.75, 3.05) is 6.54 Å². The third kappa shape index (κ3) is 4.58. The van der Waals surface area contributed by atoms with Gasteiger partial charge in [-0.1, -0.05) is 12.1 Å². The molecule has 2 N–H and O–H groups in total. The number of carbonyl (C=O) groups excluding carboxylic acids is 1. The standard InChI is InChI=1S/C21H20N4O2S3/c1-13-23-17(12-29-13)18-7-6-14(30-18)8-10-22-19(26)9-11-25-20(27)15-4-2-3-5-16(15)24-21(25)28/h2-7,12H,8-11H2,1H3,(H,22,26)(H,24,28). The summed E-state index contributed by atoms with van der Waals surface area (Å²) >= 11 is 8.62. The molecule has 1 amide bonds. The molecule has 4 rings (SSSR count). The molecule has 0 saturated carbocycles. The van der Waals surface area contributed by atoms with Gasteiger partial charge in [0.05, 0.1) is 26.5 Å². The highest BCUT2D eigenvalue weighted by atomic mass is 32.1. The smallest absolute Gasteiger partial charge is 0.262 e. The number of para-hydroxylation sites is 1. The zero-order chi connectivity index (χ0) is 21.1. The summed E-state index contributed by atoms with van der Waals surface area (Å²) in [5.74, 6) is -0.101. The Bertz CT molecular complexity index is 1320. The average Bonchev–Trinajstić information content (AvgIpc) is 3.37. The molecule has 6 nitrogen and oxygen atoms in total. The molecular weight excluding hydrogens is 436 g/mol. The summed E-state index contributed by atoms with van der Waals surface area (Å²) in [5, 5.41) is 6.61. The lowest BCUT2D eigenvalue weighted by atomic mass is 10.2. The Kier molecular flexibility index (Phi) is 6.21. The summed E-state index contributed by atoms with van der Waals surface area (Å²) in [6, 6.07) is 11.4. The van der Waals surface area contributed by atoms with Crippen molar-refractivity contribution in [1.82, 2.24) is 19.9 Å². The molecule has 3 heterocycles. The third-order valence-corrected chi connectivity index (χ3v) is 6.94. The van der Waals surface area contributed by atoms with Crippen molar-refractivity contribution in [1.29, 1.82) is 0 Å². The Morgan fingerprint density at radius 3 is 2.90 bits per heavy atom. The van der Waals surface area contributed by atoms with E-state index in [1.807, 2.05) is 25.1 Å². The van der Waals surface area contributed by atoms with Crippen LogP contribution in [0, 0.1) is 11.7 Å². The predicted molar refractivity (Wildman–Crippen MR) is 125 cm³/mol. The molecule has 0 unspecified atom stereocenters. The maximum absolute atomic E-state index is 12.6. The number of rotatable bonds is 7. The second-order valence-electron chi connectivity index (χ2n) is 6.80. The number of carbonyl (C=O) groups is 1. The second kappa shape index (κ2) is 9.03. The van der Waals surface area contributed by atoms with E-state index < -0.39 is 0 Å². The lowest BCUT2D eigenvalue weighted by Crippen LogP contribution is -2.29. The molecule has 0 spiro atoms. The van der Waals surface area contributed by atoms with Gasteiger partial charge in [-0.25, -0.2) is 4.98 Å². The van der Waals surface area contributed by atoms with E-state index in [0.717, 1.165) is 22.0 Å². The molecular formula is C21H20N4O2S3. The van der Waals surface area contributed by atoms with Gasteiger partial charge in [0.1, 0.15) is 0 Å². The average molecular weight is 457 g/mol. The van der Waals surface area contributed by atoms with Crippen molar-refractivity contribution in [3.63, 3.8) is 0 Å². The van der Waals surface area contributed by atoms with Crippen LogP contribution in [-0.4, -0.2) is 27.0 Å². The maximum Gasteiger partial charge on any atom is 0.262 e. The Labute approximate surface area is 186 Å². The monoisotopic (exact) mass is 456 g/mol. The van der Waals surface area contributed by atoms with E-state index >= 15 is 0 Å². The maximum atomic E-state index is 12.6. The number of aromatic amines is 1. The second-order valence-corrected chi connectivity index (χ2v) is 9.42. The molecule has 4 aromatic rings. The van der Waals surface area contributed by atoms with Crippen molar-refractivity contribution in [2.45, 2.75) is 26.3 Å². The summed E-state index contributed by atoms with van der Waals surface area (Å²) in [7, 11) is 0. The van der Waals surface area contributed by atoms with Gasteiger partial charge in [-0.05, 0) is 49.8 Å². The molecule has 0 bridgehead atoms. The van der Waals surface area contributed by atoms with Gasteiger partial charge < -0.3 is 10.3 Å². The first kappa shape index (κ1) is 20.6. The summed E-state index contributed by atoms with van der Waals surface area (Å²) < 4.78 is 1.77. The lowest BCUT2D eigenvalue weighted by Gasteiger charge is -2.08. The van der Waals surface area contributed by atoms with Gasteiger partial charge in [0.15, 0.2) is 4.77 Å². The minimum Gasteiger partial charge on any atom is -0.356 e. The first-order valence-corrected chi connectivity index (χ1v) is 11.6. The van der Waals surface area contributed by atoms with Gasteiger partial charge in [-0.2, -0.15) is 0 Å². The number of fused-ring (bicyclic) bond motifs is 1. The van der Waals surface area contributed by atoms with Crippen molar-refractivity contribution < 1.29 is 4.79 Å². The number of nitrogens with one attached hydrogen (secondary N) is 2. The van der Waals surface area contributed by atoms with E-state index in [-0.39, 0.29) is 24.4 Å². The number of hydrogen-bond donors (Lipinski definition) is 2. The van der Waals surface area contributed by atoms with E-state index in [0.29, 0.717) is 22.2 Å². The number of amides is 1. The third-order valence-electron chi connectivity index (χ3n) is 4.68. The Hall–Kier alpha value is -2.62. The molecule has 154 valence electrons. The zero-order valence-corrected chi connectivity index (χ0v) is 18.8. The predicted octanol–water partition coefficient (Wildman–Crippen LogP) is 4.30. The van der Waals surface area contributed by atoms with Crippen LogP contribution in [0.15, 0.2) is 46.6 Å². The van der Waals surface area contributed by atoms with Gasteiger partial charge >= 0.3 is 0 Å². The van der Waals surface area contributed by atoms with Gasteiger partial charge in [0, 0.05) is 29.8 Å². The normalized spacial score (nSPS) is 11.1. The summed E-state index contributed by atoms with van der Waals surface area (Å²) in [5.41, 5.74) is 1.54. The Morgan fingerprint density at radius 1 is 1.27 bits per heavy atom.